The van der Waals surface area contributed by atoms with E-state index in [1.54, 1.807) is 39.7 Å². The fraction of sp³-hybridized carbons (Fsp3) is 0.387. The quantitative estimate of drug-likeness (QED) is 0.381. The molecule has 2 aromatic carbocycles. The van der Waals surface area contributed by atoms with Crippen LogP contribution in [0.1, 0.15) is 71.6 Å². The van der Waals surface area contributed by atoms with Gasteiger partial charge in [0, 0.05) is 42.0 Å². The molecular weight excluding hydrogens is 528 g/mol. The summed E-state index contributed by atoms with van der Waals surface area (Å²) in [6.45, 7) is 2.31. The third-order valence-corrected chi connectivity index (χ3v) is 8.92. The van der Waals surface area contributed by atoms with E-state index in [1.807, 2.05) is 25.1 Å². The van der Waals surface area contributed by atoms with Crippen molar-refractivity contribution >= 4 is 17.2 Å². The molecule has 2 N–H and O–H groups in total. The lowest BCUT2D eigenvalue weighted by Gasteiger charge is -2.37. The van der Waals surface area contributed by atoms with Crippen LogP contribution in [0.5, 0.6) is 0 Å². The summed E-state index contributed by atoms with van der Waals surface area (Å²) in [7, 11) is 0. The van der Waals surface area contributed by atoms with Gasteiger partial charge in [-0.2, -0.15) is 5.10 Å². The van der Waals surface area contributed by atoms with Crippen molar-refractivity contribution in [3.8, 4) is 11.3 Å². The van der Waals surface area contributed by atoms with Crippen LogP contribution in [0, 0.1) is 5.82 Å². The van der Waals surface area contributed by atoms with Crippen molar-refractivity contribution < 1.29 is 23.8 Å². The lowest BCUT2D eigenvalue weighted by molar-refractivity contribution is 0.0572. The Kier molecular flexibility index (Phi) is 6.28. The van der Waals surface area contributed by atoms with Crippen molar-refractivity contribution in [1.29, 1.82) is 0 Å². The van der Waals surface area contributed by atoms with Gasteiger partial charge in [0.1, 0.15) is 17.7 Å². The maximum atomic E-state index is 15.4. The maximum Gasteiger partial charge on any atom is 0.273 e. The third kappa shape index (κ3) is 4.36. The van der Waals surface area contributed by atoms with Crippen LogP contribution in [-0.4, -0.2) is 67.5 Å². The van der Waals surface area contributed by atoms with Crippen molar-refractivity contribution in [2.45, 2.75) is 56.5 Å². The lowest BCUT2D eigenvalue weighted by Crippen LogP contribution is -2.40. The molecule has 2 aliphatic heterocycles. The second-order valence-electron chi connectivity index (χ2n) is 11.4. The summed E-state index contributed by atoms with van der Waals surface area (Å²) in [4.78, 5) is 21.7. The maximum absolute atomic E-state index is 15.4. The van der Waals surface area contributed by atoms with Crippen molar-refractivity contribution in [2.75, 3.05) is 24.5 Å². The van der Waals surface area contributed by atoms with Gasteiger partial charge in [-0.05, 0) is 55.2 Å². The molecule has 1 aliphatic carbocycles. The fourth-order valence-corrected chi connectivity index (χ4v) is 6.30. The third-order valence-electron chi connectivity index (χ3n) is 8.92. The highest BCUT2D eigenvalue weighted by molar-refractivity contribution is 5.93. The number of β-amino-alcohol motifs (C(OH)–C–C–N with tert-alkyl or cyclic N) is 2. The van der Waals surface area contributed by atoms with Gasteiger partial charge in [0.2, 0.25) is 0 Å². The number of carbonyl (C=O) groups excluding carboxylic acids is 1. The summed E-state index contributed by atoms with van der Waals surface area (Å²) in [6.07, 6.45) is -0.0337. The molecule has 1 saturated carbocycles. The Balaban J connectivity index is 1.24. The molecule has 2 aromatic heterocycles. The Morgan fingerprint density at radius 3 is 2.39 bits per heavy atom. The van der Waals surface area contributed by atoms with Crippen LogP contribution >= 0.6 is 0 Å². The van der Waals surface area contributed by atoms with Crippen LogP contribution in [0.25, 0.3) is 16.9 Å². The van der Waals surface area contributed by atoms with E-state index >= 15 is 8.78 Å². The SMILES string of the molecule is C[C@@H]1c2ccccc2C(F)CN1C(=O)c1cc(C2CCC2)n2nc(-c3ccc(N4C[C@@H](O)[C@H](O)C4)cc3F)cc2n1. The standard InChI is InChI=1S/C31H31F2N5O3/c1-17-20-7-2-3-8-21(20)24(33)14-37(17)31(41)26-12-27(18-5-4-6-18)38-30(34-26)13-25(35-38)22-10-9-19(11-23(22)32)36-15-28(39)29(40)16-36/h2-3,7-13,17-18,24,28-29,39-40H,4-6,14-16H2,1H3/t17-,24?,28-,29-/m1/s1. The Morgan fingerprint density at radius 1 is 0.976 bits per heavy atom. The summed E-state index contributed by atoms with van der Waals surface area (Å²) in [5.41, 5.74) is 4.16. The van der Waals surface area contributed by atoms with Crippen molar-refractivity contribution in [2.24, 2.45) is 0 Å². The molecule has 0 spiro atoms. The van der Waals surface area contributed by atoms with Crippen LogP contribution in [0.4, 0.5) is 14.5 Å². The number of rotatable bonds is 4. The molecule has 1 unspecified atom stereocenters. The number of aliphatic hydroxyl groups is 2. The molecule has 4 heterocycles. The minimum atomic E-state index is -1.28. The Hall–Kier alpha value is -3.89. The lowest BCUT2D eigenvalue weighted by atomic mass is 9.82. The summed E-state index contributed by atoms with van der Waals surface area (Å²) in [5.74, 6) is -0.627. The molecule has 41 heavy (non-hydrogen) atoms. The summed E-state index contributed by atoms with van der Waals surface area (Å²) in [6, 6.07) is 15.2. The first kappa shape index (κ1) is 26.0. The highest BCUT2D eigenvalue weighted by atomic mass is 19.1. The minimum Gasteiger partial charge on any atom is -0.389 e. The molecule has 10 heteroatoms. The van der Waals surface area contributed by atoms with Gasteiger partial charge in [-0.3, -0.25) is 4.79 Å². The molecule has 2 fully saturated rings. The number of aliphatic hydroxyl groups excluding tert-OH is 2. The number of halogens is 2. The zero-order valence-corrected chi connectivity index (χ0v) is 22.6. The Morgan fingerprint density at radius 2 is 1.71 bits per heavy atom. The van der Waals surface area contributed by atoms with E-state index in [0.717, 1.165) is 30.5 Å². The van der Waals surface area contributed by atoms with Crippen molar-refractivity contribution in [1.82, 2.24) is 19.5 Å². The molecule has 0 radical (unpaired) electrons. The molecule has 1 saturated heterocycles. The van der Waals surface area contributed by atoms with E-state index < -0.39 is 24.2 Å². The number of hydrogen-bond acceptors (Lipinski definition) is 6. The van der Waals surface area contributed by atoms with E-state index in [-0.39, 0.29) is 48.8 Å². The molecule has 1 amide bonds. The van der Waals surface area contributed by atoms with Gasteiger partial charge >= 0.3 is 0 Å². The first-order valence-electron chi connectivity index (χ1n) is 14.1. The zero-order valence-electron chi connectivity index (χ0n) is 22.6. The summed E-state index contributed by atoms with van der Waals surface area (Å²) in [5, 5.41) is 24.4. The van der Waals surface area contributed by atoms with Gasteiger partial charge in [-0.25, -0.2) is 18.3 Å². The predicted molar refractivity (Wildman–Crippen MR) is 149 cm³/mol. The average molecular weight is 560 g/mol. The van der Waals surface area contributed by atoms with Crippen LogP contribution < -0.4 is 4.90 Å². The van der Waals surface area contributed by atoms with Crippen LogP contribution in [0.15, 0.2) is 54.6 Å². The van der Waals surface area contributed by atoms with E-state index in [9.17, 15) is 15.0 Å². The molecule has 0 bridgehead atoms. The van der Waals surface area contributed by atoms with Gasteiger partial charge < -0.3 is 20.0 Å². The zero-order chi connectivity index (χ0) is 28.4. The average Bonchev–Trinajstić information content (AvgIpc) is 3.52. The second kappa shape index (κ2) is 9.88. The number of anilines is 1. The number of nitrogens with zero attached hydrogens (tertiary/aromatic N) is 5. The predicted octanol–water partition coefficient (Wildman–Crippen LogP) is 4.57. The number of hydrogen-bond donors (Lipinski definition) is 2. The first-order chi connectivity index (χ1) is 19.8. The van der Waals surface area contributed by atoms with Crippen LogP contribution in [0.2, 0.25) is 0 Å². The van der Waals surface area contributed by atoms with Crippen LogP contribution in [0.3, 0.4) is 0 Å². The molecule has 4 aromatic rings. The van der Waals surface area contributed by atoms with Gasteiger partial charge in [0.05, 0.1) is 30.5 Å². The van der Waals surface area contributed by atoms with Crippen molar-refractivity contribution in [3.05, 3.63) is 82.9 Å². The monoisotopic (exact) mass is 559 g/mol. The molecule has 4 atom stereocenters. The van der Waals surface area contributed by atoms with Gasteiger partial charge in [-0.1, -0.05) is 30.7 Å². The highest BCUT2D eigenvalue weighted by Crippen LogP contribution is 2.40. The topological polar surface area (TPSA) is 94.2 Å². The second-order valence-corrected chi connectivity index (χ2v) is 11.4. The van der Waals surface area contributed by atoms with E-state index in [1.165, 1.54) is 11.0 Å². The van der Waals surface area contributed by atoms with E-state index in [4.69, 9.17) is 5.10 Å². The van der Waals surface area contributed by atoms with E-state index in [2.05, 4.69) is 4.98 Å². The number of amides is 1. The highest BCUT2D eigenvalue weighted by Gasteiger charge is 2.35. The van der Waals surface area contributed by atoms with Gasteiger partial charge in [0.25, 0.3) is 5.91 Å². The van der Waals surface area contributed by atoms with Gasteiger partial charge in [-0.15, -0.1) is 0 Å². The molecule has 3 aliphatic rings. The smallest absolute Gasteiger partial charge is 0.273 e. The summed E-state index contributed by atoms with van der Waals surface area (Å²) < 4.78 is 32.2. The number of alkyl halides is 1. The van der Waals surface area contributed by atoms with Crippen LogP contribution in [-0.2, 0) is 0 Å². The van der Waals surface area contributed by atoms with Gasteiger partial charge in [0.15, 0.2) is 5.65 Å². The number of fused-ring (bicyclic) bond motifs is 2. The largest absolute Gasteiger partial charge is 0.389 e. The summed E-state index contributed by atoms with van der Waals surface area (Å²) >= 11 is 0. The Labute approximate surface area is 235 Å². The van der Waals surface area contributed by atoms with E-state index in [0.29, 0.717) is 22.6 Å². The number of aromatic nitrogens is 3. The number of benzene rings is 2. The van der Waals surface area contributed by atoms with Crippen molar-refractivity contribution in [3.63, 3.8) is 0 Å². The minimum absolute atomic E-state index is 0.0459. The first-order valence-corrected chi connectivity index (χ1v) is 14.1. The fourth-order valence-electron chi connectivity index (χ4n) is 6.30. The molecular formula is C31H31F2N5O3. The molecule has 7 rings (SSSR count). The number of carbonyl (C=O) groups is 1. The Bertz CT molecular complexity index is 1640. The molecule has 8 nitrogen and oxygen atoms in total. The molecule has 212 valence electrons. The normalized spacial score (nSPS) is 24.5.